The number of nitrogens with zero attached hydrogens (tertiary/aromatic N) is 1. The second-order valence-corrected chi connectivity index (χ2v) is 7.33. The van der Waals surface area contributed by atoms with E-state index in [-0.39, 0.29) is 31.4 Å². The predicted molar refractivity (Wildman–Crippen MR) is 92.1 cm³/mol. The maximum atomic E-state index is 13.4. The molecule has 3 N–H and O–H groups in total. The maximum Gasteiger partial charge on any atom is 0.237 e. The number of amides is 2. The minimum absolute atomic E-state index is 0.0446. The summed E-state index contributed by atoms with van der Waals surface area (Å²) in [6.07, 6.45) is -0.0446. The topological polar surface area (TPSA) is 81.7 Å². The first kappa shape index (κ1) is 20.3. The zero-order valence-electron chi connectivity index (χ0n) is 15.0. The number of hydrogen-bond donors (Lipinski definition) is 3. The Morgan fingerprint density at radius 3 is 2.77 bits per heavy atom. The number of piperazine rings is 1. The molecule has 26 heavy (non-hydrogen) atoms. The van der Waals surface area contributed by atoms with Crippen molar-refractivity contribution in [1.29, 1.82) is 0 Å². The SMILES string of the molecule is CC(C)(CO)CNC(=O)CC1C(=O)NCCN1Cc1ccc(F)c(F)c1. The Morgan fingerprint density at radius 1 is 1.38 bits per heavy atom. The average molecular weight is 369 g/mol. The Hall–Kier alpha value is -2.06. The first-order valence-electron chi connectivity index (χ1n) is 8.55. The number of nitrogens with one attached hydrogen (secondary N) is 2. The normalized spacial score (nSPS) is 18.5. The molecule has 8 heteroatoms. The van der Waals surface area contributed by atoms with Gasteiger partial charge in [0.15, 0.2) is 11.6 Å². The van der Waals surface area contributed by atoms with Crippen LogP contribution in [0.3, 0.4) is 0 Å². The van der Waals surface area contributed by atoms with Crippen LogP contribution in [0, 0.1) is 17.0 Å². The lowest BCUT2D eigenvalue weighted by atomic mass is 9.95. The van der Waals surface area contributed by atoms with Crippen molar-refractivity contribution in [3.8, 4) is 0 Å². The molecule has 144 valence electrons. The van der Waals surface area contributed by atoms with Crippen LogP contribution in [0.4, 0.5) is 8.78 Å². The minimum atomic E-state index is -0.940. The molecule has 0 bridgehead atoms. The van der Waals surface area contributed by atoms with E-state index >= 15 is 0 Å². The fourth-order valence-corrected chi connectivity index (χ4v) is 2.69. The van der Waals surface area contributed by atoms with Crippen LogP contribution in [0.25, 0.3) is 0 Å². The Morgan fingerprint density at radius 2 is 2.12 bits per heavy atom. The summed E-state index contributed by atoms with van der Waals surface area (Å²) in [6.45, 7) is 5.03. The number of carbonyl (C=O) groups excluding carboxylic acids is 2. The number of hydrogen-bond acceptors (Lipinski definition) is 4. The predicted octanol–water partition coefficient (Wildman–Crippen LogP) is 0.790. The minimum Gasteiger partial charge on any atom is -0.396 e. The van der Waals surface area contributed by atoms with Crippen LogP contribution in [0.1, 0.15) is 25.8 Å². The van der Waals surface area contributed by atoms with Crippen molar-refractivity contribution < 1.29 is 23.5 Å². The van der Waals surface area contributed by atoms with Gasteiger partial charge in [0.2, 0.25) is 11.8 Å². The van der Waals surface area contributed by atoms with Gasteiger partial charge in [0.05, 0.1) is 12.5 Å². The van der Waals surface area contributed by atoms with Crippen LogP contribution in [0.5, 0.6) is 0 Å². The molecule has 1 saturated heterocycles. The highest BCUT2D eigenvalue weighted by Crippen LogP contribution is 2.17. The second kappa shape index (κ2) is 8.55. The molecule has 1 heterocycles. The van der Waals surface area contributed by atoms with Gasteiger partial charge in [-0.2, -0.15) is 0 Å². The molecule has 2 amide bonds. The summed E-state index contributed by atoms with van der Waals surface area (Å²) in [4.78, 5) is 26.2. The first-order chi connectivity index (χ1) is 12.2. The van der Waals surface area contributed by atoms with Crippen LogP contribution in [-0.4, -0.2) is 54.1 Å². The Bertz CT molecular complexity index is 667. The molecule has 1 aliphatic heterocycles. The molecule has 1 aromatic rings. The Balaban J connectivity index is 2.01. The summed E-state index contributed by atoms with van der Waals surface area (Å²) in [5.41, 5.74) is 0.0842. The molecule has 1 aromatic carbocycles. The van der Waals surface area contributed by atoms with Gasteiger partial charge in [0.1, 0.15) is 0 Å². The molecule has 0 aromatic heterocycles. The van der Waals surface area contributed by atoms with E-state index in [0.29, 0.717) is 25.2 Å². The lowest BCUT2D eigenvalue weighted by Gasteiger charge is -2.35. The van der Waals surface area contributed by atoms with E-state index < -0.39 is 23.1 Å². The van der Waals surface area contributed by atoms with Crippen molar-refractivity contribution in [2.24, 2.45) is 5.41 Å². The van der Waals surface area contributed by atoms with Gasteiger partial charge in [0, 0.05) is 38.2 Å². The zero-order valence-corrected chi connectivity index (χ0v) is 15.0. The van der Waals surface area contributed by atoms with E-state index in [1.165, 1.54) is 6.07 Å². The summed E-state index contributed by atoms with van der Waals surface area (Å²) in [5, 5.41) is 14.7. The van der Waals surface area contributed by atoms with Crippen LogP contribution in [0.2, 0.25) is 0 Å². The van der Waals surface area contributed by atoms with Gasteiger partial charge in [0.25, 0.3) is 0 Å². The lowest BCUT2D eigenvalue weighted by molar-refractivity contribution is -0.134. The van der Waals surface area contributed by atoms with E-state index in [1.54, 1.807) is 4.90 Å². The molecule has 1 fully saturated rings. The van der Waals surface area contributed by atoms with Crippen molar-refractivity contribution in [2.75, 3.05) is 26.2 Å². The van der Waals surface area contributed by atoms with E-state index in [2.05, 4.69) is 10.6 Å². The van der Waals surface area contributed by atoms with Crippen molar-refractivity contribution in [3.63, 3.8) is 0 Å². The monoisotopic (exact) mass is 369 g/mol. The smallest absolute Gasteiger partial charge is 0.237 e. The Kier molecular flexibility index (Phi) is 6.66. The maximum absolute atomic E-state index is 13.4. The van der Waals surface area contributed by atoms with Crippen molar-refractivity contribution in [1.82, 2.24) is 15.5 Å². The summed E-state index contributed by atoms with van der Waals surface area (Å²) in [5.74, 6) is -2.43. The first-order valence-corrected chi connectivity index (χ1v) is 8.55. The molecule has 0 saturated carbocycles. The number of carbonyl (C=O) groups is 2. The third-order valence-corrected chi connectivity index (χ3v) is 4.38. The van der Waals surface area contributed by atoms with Gasteiger partial charge >= 0.3 is 0 Å². The molecule has 0 radical (unpaired) electrons. The highest BCUT2D eigenvalue weighted by Gasteiger charge is 2.32. The summed E-state index contributed by atoms with van der Waals surface area (Å²) < 4.78 is 26.5. The van der Waals surface area contributed by atoms with Crippen LogP contribution in [0.15, 0.2) is 18.2 Å². The summed E-state index contributed by atoms with van der Waals surface area (Å²) in [7, 11) is 0. The lowest BCUT2D eigenvalue weighted by Crippen LogP contribution is -2.56. The molecule has 6 nitrogen and oxygen atoms in total. The molecule has 1 atom stereocenters. The molecular weight excluding hydrogens is 344 g/mol. The number of aliphatic hydroxyl groups is 1. The van der Waals surface area contributed by atoms with Crippen LogP contribution < -0.4 is 10.6 Å². The van der Waals surface area contributed by atoms with E-state index in [9.17, 15) is 23.5 Å². The molecule has 0 spiro atoms. The molecule has 0 aliphatic carbocycles. The number of benzene rings is 1. The van der Waals surface area contributed by atoms with Gasteiger partial charge in [-0.25, -0.2) is 8.78 Å². The average Bonchev–Trinajstić information content (AvgIpc) is 2.59. The number of aliphatic hydroxyl groups excluding tert-OH is 1. The van der Waals surface area contributed by atoms with Crippen molar-refractivity contribution >= 4 is 11.8 Å². The van der Waals surface area contributed by atoms with Gasteiger partial charge in [-0.3, -0.25) is 14.5 Å². The van der Waals surface area contributed by atoms with Crippen LogP contribution >= 0.6 is 0 Å². The zero-order chi connectivity index (χ0) is 19.3. The molecule has 1 aliphatic rings. The highest BCUT2D eigenvalue weighted by molar-refractivity contribution is 5.88. The van der Waals surface area contributed by atoms with Crippen molar-refractivity contribution in [2.45, 2.75) is 32.9 Å². The third kappa shape index (κ3) is 5.47. The van der Waals surface area contributed by atoms with Gasteiger partial charge in [-0.1, -0.05) is 19.9 Å². The number of halogens is 2. The second-order valence-electron chi connectivity index (χ2n) is 7.33. The third-order valence-electron chi connectivity index (χ3n) is 4.38. The molecular formula is C18H25F2N3O3. The van der Waals surface area contributed by atoms with Gasteiger partial charge in [-0.05, 0) is 17.7 Å². The standard InChI is InChI=1S/C18H25F2N3O3/c1-18(2,11-24)10-22-16(25)8-15-17(26)21-5-6-23(15)9-12-3-4-13(19)14(20)7-12/h3-4,7,15,24H,5-6,8-11H2,1-2H3,(H,21,26)(H,22,25). The number of rotatable bonds is 7. The Labute approximate surface area is 151 Å². The van der Waals surface area contributed by atoms with Gasteiger partial charge in [-0.15, -0.1) is 0 Å². The summed E-state index contributed by atoms with van der Waals surface area (Å²) >= 11 is 0. The largest absolute Gasteiger partial charge is 0.396 e. The molecule has 2 rings (SSSR count). The summed E-state index contributed by atoms with van der Waals surface area (Å²) in [6, 6.07) is 2.93. The van der Waals surface area contributed by atoms with E-state index in [1.807, 2.05) is 13.8 Å². The van der Waals surface area contributed by atoms with Crippen LogP contribution in [-0.2, 0) is 16.1 Å². The van der Waals surface area contributed by atoms with Gasteiger partial charge < -0.3 is 15.7 Å². The fourth-order valence-electron chi connectivity index (χ4n) is 2.69. The van der Waals surface area contributed by atoms with E-state index in [4.69, 9.17) is 0 Å². The molecule has 1 unspecified atom stereocenters. The van der Waals surface area contributed by atoms with Crippen molar-refractivity contribution in [3.05, 3.63) is 35.4 Å². The fraction of sp³-hybridized carbons (Fsp3) is 0.556. The quantitative estimate of drug-likeness (QED) is 0.664. The van der Waals surface area contributed by atoms with E-state index in [0.717, 1.165) is 12.1 Å². The highest BCUT2D eigenvalue weighted by atomic mass is 19.2.